The fourth-order valence-corrected chi connectivity index (χ4v) is 5.06. The van der Waals surface area contributed by atoms with Gasteiger partial charge < -0.3 is 0 Å². The Labute approximate surface area is 160 Å². The van der Waals surface area contributed by atoms with E-state index in [4.69, 9.17) is 4.98 Å². The van der Waals surface area contributed by atoms with E-state index < -0.39 is 0 Å². The number of hydrogen-bond donors (Lipinski definition) is 0. The van der Waals surface area contributed by atoms with Gasteiger partial charge in [0.05, 0.1) is 5.69 Å². The second-order valence-corrected chi connectivity index (χ2v) is 9.89. The van der Waals surface area contributed by atoms with Crippen LogP contribution in [0.25, 0.3) is 11.3 Å². The molecule has 0 bridgehead atoms. The van der Waals surface area contributed by atoms with E-state index in [1.165, 1.54) is 41.6 Å². The zero-order chi connectivity index (χ0) is 18.9. The van der Waals surface area contributed by atoms with E-state index in [1.807, 2.05) is 0 Å². The standard InChI is InChI=1S/C25H35N/c1-7-18(2)14-21-12-13-22(20-10-8-19(3)9-11-20)26-23(21)15-25(6)16-24(4,5)17-25/h8-13,18H,7,14-17H2,1-6H3. The van der Waals surface area contributed by atoms with Gasteiger partial charge in [-0.3, -0.25) is 4.98 Å². The van der Waals surface area contributed by atoms with Gasteiger partial charge in [-0.2, -0.15) is 0 Å². The third kappa shape index (κ3) is 4.37. The van der Waals surface area contributed by atoms with Gasteiger partial charge in [0, 0.05) is 11.3 Å². The van der Waals surface area contributed by atoms with E-state index >= 15 is 0 Å². The monoisotopic (exact) mass is 349 g/mol. The molecule has 2 aromatic rings. The van der Waals surface area contributed by atoms with Crippen molar-refractivity contribution in [1.82, 2.24) is 4.98 Å². The first-order valence-electron chi connectivity index (χ1n) is 10.3. The lowest BCUT2D eigenvalue weighted by Gasteiger charge is -2.51. The molecule has 0 spiro atoms. The van der Waals surface area contributed by atoms with Crippen molar-refractivity contribution in [2.24, 2.45) is 16.7 Å². The maximum atomic E-state index is 5.17. The molecule has 0 N–H and O–H groups in total. The smallest absolute Gasteiger partial charge is 0.0705 e. The Kier molecular flexibility index (Phi) is 5.28. The van der Waals surface area contributed by atoms with Gasteiger partial charge in [-0.05, 0) is 61.0 Å². The highest BCUT2D eigenvalue weighted by Gasteiger charge is 2.45. The molecule has 1 aromatic heterocycles. The first kappa shape index (κ1) is 19.1. The van der Waals surface area contributed by atoms with Crippen LogP contribution in [0.1, 0.15) is 70.7 Å². The molecule has 1 unspecified atom stereocenters. The summed E-state index contributed by atoms with van der Waals surface area (Å²) in [4.78, 5) is 5.17. The fourth-order valence-electron chi connectivity index (χ4n) is 5.06. The largest absolute Gasteiger partial charge is 0.253 e. The summed E-state index contributed by atoms with van der Waals surface area (Å²) in [5.74, 6) is 0.714. The minimum atomic E-state index is 0.409. The number of pyridine rings is 1. The lowest BCUT2D eigenvalue weighted by Crippen LogP contribution is -2.42. The zero-order valence-corrected chi connectivity index (χ0v) is 17.5. The summed E-state index contributed by atoms with van der Waals surface area (Å²) in [5.41, 5.74) is 7.35. The minimum Gasteiger partial charge on any atom is -0.253 e. The number of nitrogens with zero attached hydrogens (tertiary/aromatic N) is 1. The molecule has 1 atom stereocenters. The molecule has 140 valence electrons. The molecule has 1 aliphatic rings. The number of rotatable bonds is 6. The molecular formula is C25H35N. The molecule has 0 amide bonds. The number of benzene rings is 1. The van der Waals surface area contributed by atoms with Gasteiger partial charge in [0.25, 0.3) is 0 Å². The molecular weight excluding hydrogens is 314 g/mol. The minimum absolute atomic E-state index is 0.409. The Morgan fingerprint density at radius 3 is 2.23 bits per heavy atom. The van der Waals surface area contributed by atoms with Crippen molar-refractivity contribution in [3.05, 3.63) is 53.2 Å². The molecule has 0 saturated heterocycles. The van der Waals surface area contributed by atoms with E-state index in [0.29, 0.717) is 16.7 Å². The van der Waals surface area contributed by atoms with E-state index in [-0.39, 0.29) is 0 Å². The normalized spacial score (nSPS) is 19.0. The molecule has 3 rings (SSSR count). The van der Waals surface area contributed by atoms with Crippen molar-refractivity contribution in [3.63, 3.8) is 0 Å². The van der Waals surface area contributed by atoms with Crippen LogP contribution < -0.4 is 0 Å². The summed E-state index contributed by atoms with van der Waals surface area (Å²) in [6.07, 6.45) is 6.09. The summed E-state index contributed by atoms with van der Waals surface area (Å²) in [6.45, 7) is 14.0. The zero-order valence-electron chi connectivity index (χ0n) is 17.5. The summed E-state index contributed by atoms with van der Waals surface area (Å²) in [5, 5.41) is 0. The van der Waals surface area contributed by atoms with Crippen LogP contribution in [-0.2, 0) is 12.8 Å². The van der Waals surface area contributed by atoms with Crippen molar-refractivity contribution in [2.75, 3.05) is 0 Å². The molecule has 0 aliphatic heterocycles. The highest BCUT2D eigenvalue weighted by Crippen LogP contribution is 2.55. The first-order chi connectivity index (χ1) is 12.2. The molecule has 0 radical (unpaired) electrons. The second-order valence-electron chi connectivity index (χ2n) is 9.89. The fraction of sp³-hybridized carbons (Fsp3) is 0.560. The lowest BCUT2D eigenvalue weighted by atomic mass is 9.53. The predicted molar refractivity (Wildman–Crippen MR) is 112 cm³/mol. The number of hydrogen-bond acceptors (Lipinski definition) is 1. The van der Waals surface area contributed by atoms with Crippen molar-refractivity contribution in [1.29, 1.82) is 0 Å². The van der Waals surface area contributed by atoms with Crippen molar-refractivity contribution in [2.45, 2.75) is 73.6 Å². The first-order valence-corrected chi connectivity index (χ1v) is 10.3. The van der Waals surface area contributed by atoms with Crippen LogP contribution in [0.2, 0.25) is 0 Å². The molecule has 1 nitrogen and oxygen atoms in total. The van der Waals surface area contributed by atoms with Gasteiger partial charge in [0.15, 0.2) is 0 Å². The summed E-state index contributed by atoms with van der Waals surface area (Å²) < 4.78 is 0. The van der Waals surface area contributed by atoms with E-state index in [1.54, 1.807) is 0 Å². The third-order valence-electron chi connectivity index (χ3n) is 6.09. The highest BCUT2D eigenvalue weighted by atomic mass is 14.7. The summed E-state index contributed by atoms with van der Waals surface area (Å²) >= 11 is 0. The van der Waals surface area contributed by atoms with Gasteiger partial charge in [-0.15, -0.1) is 0 Å². The van der Waals surface area contributed by atoms with Gasteiger partial charge in [-0.25, -0.2) is 0 Å². The molecule has 1 heteroatoms. The molecule has 1 fully saturated rings. The maximum Gasteiger partial charge on any atom is 0.0705 e. The Morgan fingerprint density at radius 2 is 1.65 bits per heavy atom. The Bertz CT molecular complexity index is 746. The van der Waals surface area contributed by atoms with Crippen molar-refractivity contribution in [3.8, 4) is 11.3 Å². The van der Waals surface area contributed by atoms with E-state index in [2.05, 4.69) is 77.9 Å². The predicted octanol–water partition coefficient (Wildman–Crippen LogP) is 7.01. The Hall–Kier alpha value is -1.63. The molecule has 1 aromatic carbocycles. The van der Waals surface area contributed by atoms with E-state index in [9.17, 15) is 0 Å². The Balaban J connectivity index is 1.91. The number of aryl methyl sites for hydroxylation is 1. The quantitative estimate of drug-likeness (QED) is 0.546. The van der Waals surface area contributed by atoms with Crippen LogP contribution in [-0.4, -0.2) is 4.98 Å². The molecule has 26 heavy (non-hydrogen) atoms. The van der Waals surface area contributed by atoms with Crippen LogP contribution in [0.3, 0.4) is 0 Å². The van der Waals surface area contributed by atoms with Crippen LogP contribution in [0.15, 0.2) is 36.4 Å². The Morgan fingerprint density at radius 1 is 1.00 bits per heavy atom. The maximum absolute atomic E-state index is 5.17. The average molecular weight is 350 g/mol. The SMILES string of the molecule is CCC(C)Cc1ccc(-c2ccc(C)cc2)nc1CC1(C)CC(C)(C)C1. The summed E-state index contributed by atoms with van der Waals surface area (Å²) in [6, 6.07) is 13.3. The molecule has 1 saturated carbocycles. The molecule has 1 aliphatic carbocycles. The van der Waals surface area contributed by atoms with Gasteiger partial charge >= 0.3 is 0 Å². The van der Waals surface area contributed by atoms with Crippen molar-refractivity contribution < 1.29 is 0 Å². The van der Waals surface area contributed by atoms with Crippen LogP contribution in [0.4, 0.5) is 0 Å². The van der Waals surface area contributed by atoms with E-state index in [0.717, 1.165) is 18.5 Å². The van der Waals surface area contributed by atoms with Crippen LogP contribution >= 0.6 is 0 Å². The van der Waals surface area contributed by atoms with Gasteiger partial charge in [-0.1, -0.05) is 76.9 Å². The lowest BCUT2D eigenvalue weighted by molar-refractivity contribution is 0.00284. The third-order valence-corrected chi connectivity index (χ3v) is 6.09. The highest BCUT2D eigenvalue weighted by molar-refractivity contribution is 5.60. The number of aromatic nitrogens is 1. The summed E-state index contributed by atoms with van der Waals surface area (Å²) in [7, 11) is 0. The van der Waals surface area contributed by atoms with Crippen LogP contribution in [0.5, 0.6) is 0 Å². The molecule has 1 heterocycles. The second kappa shape index (κ2) is 7.18. The average Bonchev–Trinajstić information content (AvgIpc) is 2.55. The van der Waals surface area contributed by atoms with Gasteiger partial charge in [0.2, 0.25) is 0 Å². The topological polar surface area (TPSA) is 12.9 Å². The van der Waals surface area contributed by atoms with Gasteiger partial charge in [0.1, 0.15) is 0 Å². The van der Waals surface area contributed by atoms with Crippen LogP contribution in [0, 0.1) is 23.7 Å². The van der Waals surface area contributed by atoms with Crippen molar-refractivity contribution >= 4 is 0 Å².